The van der Waals surface area contributed by atoms with E-state index in [4.69, 9.17) is 0 Å². The van der Waals surface area contributed by atoms with Crippen molar-refractivity contribution in [2.45, 2.75) is 58.0 Å². The van der Waals surface area contributed by atoms with E-state index < -0.39 is 0 Å². The van der Waals surface area contributed by atoms with Gasteiger partial charge in [0.2, 0.25) is 0 Å². The van der Waals surface area contributed by atoms with Crippen LogP contribution in [0.15, 0.2) is 0 Å². The van der Waals surface area contributed by atoms with Crippen molar-refractivity contribution >= 4 is 16.9 Å². The SMILES string of the molecule is CCCCSC(=O)C12CC3CC(C1)C(O)C(C3)C2. The summed E-state index contributed by atoms with van der Waals surface area (Å²) in [7, 11) is 0. The highest BCUT2D eigenvalue weighted by molar-refractivity contribution is 8.13. The van der Waals surface area contributed by atoms with Crippen LogP contribution in [0.4, 0.5) is 0 Å². The maximum atomic E-state index is 12.6. The Morgan fingerprint density at radius 3 is 2.56 bits per heavy atom. The Labute approximate surface area is 114 Å². The van der Waals surface area contributed by atoms with Crippen molar-refractivity contribution in [3.8, 4) is 0 Å². The third-order valence-electron chi connectivity index (χ3n) is 5.39. The Hall–Kier alpha value is -0.0200. The summed E-state index contributed by atoms with van der Waals surface area (Å²) in [4.78, 5) is 12.6. The summed E-state index contributed by atoms with van der Waals surface area (Å²) >= 11 is 1.57. The fourth-order valence-corrected chi connectivity index (χ4v) is 5.88. The minimum Gasteiger partial charge on any atom is -0.393 e. The van der Waals surface area contributed by atoms with Gasteiger partial charge in [0.25, 0.3) is 0 Å². The number of carbonyl (C=O) groups excluding carboxylic acids is 1. The smallest absolute Gasteiger partial charge is 0.195 e. The molecule has 2 nitrogen and oxygen atoms in total. The monoisotopic (exact) mass is 268 g/mol. The molecule has 0 heterocycles. The summed E-state index contributed by atoms with van der Waals surface area (Å²) in [5, 5.41) is 10.7. The van der Waals surface area contributed by atoms with E-state index in [2.05, 4.69) is 6.92 Å². The summed E-state index contributed by atoms with van der Waals surface area (Å²) in [5.74, 6) is 2.56. The molecule has 2 unspecified atom stereocenters. The van der Waals surface area contributed by atoms with E-state index in [1.165, 1.54) is 19.3 Å². The van der Waals surface area contributed by atoms with Crippen molar-refractivity contribution < 1.29 is 9.90 Å². The third-order valence-corrected chi connectivity index (χ3v) is 6.58. The van der Waals surface area contributed by atoms with E-state index in [0.717, 1.165) is 37.4 Å². The quantitative estimate of drug-likeness (QED) is 0.795. The van der Waals surface area contributed by atoms with Gasteiger partial charge in [0.1, 0.15) is 0 Å². The van der Waals surface area contributed by atoms with Gasteiger partial charge in [-0.2, -0.15) is 0 Å². The van der Waals surface area contributed by atoms with Crippen LogP contribution in [0.1, 0.15) is 51.9 Å². The van der Waals surface area contributed by atoms with Crippen LogP contribution in [0.25, 0.3) is 0 Å². The van der Waals surface area contributed by atoms with Gasteiger partial charge in [-0.15, -0.1) is 0 Å². The first-order valence-electron chi connectivity index (χ1n) is 7.50. The van der Waals surface area contributed by atoms with Crippen LogP contribution in [0.2, 0.25) is 0 Å². The second-order valence-electron chi connectivity index (χ2n) is 6.73. The fraction of sp³-hybridized carbons (Fsp3) is 0.933. The lowest BCUT2D eigenvalue weighted by molar-refractivity contribution is -0.153. The van der Waals surface area contributed by atoms with Gasteiger partial charge in [-0.3, -0.25) is 4.79 Å². The predicted molar refractivity (Wildman–Crippen MR) is 74.4 cm³/mol. The van der Waals surface area contributed by atoms with E-state index in [-0.39, 0.29) is 11.5 Å². The maximum Gasteiger partial charge on any atom is 0.195 e. The van der Waals surface area contributed by atoms with Crippen LogP contribution < -0.4 is 0 Å². The van der Waals surface area contributed by atoms with Crippen LogP contribution in [0, 0.1) is 23.2 Å². The van der Waals surface area contributed by atoms with Crippen molar-refractivity contribution in [3.05, 3.63) is 0 Å². The molecule has 0 saturated heterocycles. The standard InChI is InChI=1S/C15H24O2S/c1-2-3-4-18-14(17)15-7-10-5-11(8-15)13(16)12(6-10)9-15/h10-13,16H,2-9H2,1H3. The summed E-state index contributed by atoms with van der Waals surface area (Å²) in [5.41, 5.74) is -0.0475. The van der Waals surface area contributed by atoms with Crippen LogP contribution >= 0.6 is 11.8 Å². The zero-order valence-electron chi connectivity index (χ0n) is 11.2. The lowest BCUT2D eigenvalue weighted by Gasteiger charge is -2.57. The Morgan fingerprint density at radius 1 is 1.28 bits per heavy atom. The average Bonchev–Trinajstić information content (AvgIpc) is 2.35. The number of aliphatic hydroxyl groups excluding tert-OH is 1. The Kier molecular flexibility index (Phi) is 3.48. The van der Waals surface area contributed by atoms with Gasteiger partial charge in [-0.25, -0.2) is 0 Å². The van der Waals surface area contributed by atoms with Gasteiger partial charge in [0.05, 0.1) is 6.10 Å². The number of hydrogen-bond acceptors (Lipinski definition) is 3. The molecule has 0 radical (unpaired) electrons. The largest absolute Gasteiger partial charge is 0.393 e. The number of carbonyl (C=O) groups is 1. The topological polar surface area (TPSA) is 37.3 Å². The zero-order chi connectivity index (χ0) is 12.8. The van der Waals surface area contributed by atoms with Crippen molar-refractivity contribution in [2.75, 3.05) is 5.75 Å². The van der Waals surface area contributed by atoms with Crippen molar-refractivity contribution in [1.82, 2.24) is 0 Å². The molecule has 0 aromatic carbocycles. The second kappa shape index (κ2) is 4.82. The summed E-state index contributed by atoms with van der Waals surface area (Å²) in [6.45, 7) is 2.17. The van der Waals surface area contributed by atoms with Crippen LogP contribution in [0.5, 0.6) is 0 Å². The van der Waals surface area contributed by atoms with Gasteiger partial charge >= 0.3 is 0 Å². The first-order valence-corrected chi connectivity index (χ1v) is 8.48. The fourth-order valence-electron chi connectivity index (χ4n) is 4.71. The van der Waals surface area contributed by atoms with E-state index >= 15 is 0 Å². The average molecular weight is 268 g/mol. The molecule has 3 heteroatoms. The molecule has 102 valence electrons. The van der Waals surface area contributed by atoms with Crippen LogP contribution in [0.3, 0.4) is 0 Å². The molecular weight excluding hydrogens is 244 g/mol. The molecule has 0 amide bonds. The number of rotatable bonds is 4. The summed E-state index contributed by atoms with van der Waals surface area (Å²) in [6, 6.07) is 0. The maximum absolute atomic E-state index is 12.6. The molecule has 4 bridgehead atoms. The zero-order valence-corrected chi connectivity index (χ0v) is 12.0. The highest BCUT2D eigenvalue weighted by Crippen LogP contribution is 2.61. The molecule has 4 rings (SSSR count). The lowest BCUT2D eigenvalue weighted by atomic mass is 9.49. The molecule has 0 aromatic rings. The van der Waals surface area contributed by atoms with Gasteiger partial charge < -0.3 is 5.11 Å². The number of hydrogen-bond donors (Lipinski definition) is 1. The summed E-state index contributed by atoms with van der Waals surface area (Å²) < 4.78 is 0. The van der Waals surface area contributed by atoms with Crippen molar-refractivity contribution in [1.29, 1.82) is 0 Å². The molecule has 1 N–H and O–H groups in total. The third kappa shape index (κ3) is 2.03. The van der Waals surface area contributed by atoms with E-state index in [0.29, 0.717) is 17.0 Å². The van der Waals surface area contributed by atoms with E-state index in [1.807, 2.05) is 0 Å². The Balaban J connectivity index is 1.70. The van der Waals surface area contributed by atoms with Gasteiger partial charge in [-0.1, -0.05) is 25.1 Å². The van der Waals surface area contributed by atoms with Gasteiger partial charge in [0.15, 0.2) is 5.12 Å². The highest BCUT2D eigenvalue weighted by atomic mass is 32.2. The van der Waals surface area contributed by atoms with Gasteiger partial charge in [-0.05, 0) is 56.3 Å². The molecule has 18 heavy (non-hydrogen) atoms. The molecule has 4 fully saturated rings. The Morgan fingerprint density at radius 2 is 1.94 bits per heavy atom. The molecule has 4 saturated carbocycles. The van der Waals surface area contributed by atoms with E-state index in [1.54, 1.807) is 11.8 Å². The lowest BCUT2D eigenvalue weighted by Crippen LogP contribution is -2.55. The van der Waals surface area contributed by atoms with Crippen LogP contribution in [-0.4, -0.2) is 22.1 Å². The molecule has 4 aliphatic carbocycles. The summed E-state index contributed by atoms with van der Waals surface area (Å²) in [6.07, 6.45) is 7.61. The normalized spacial score (nSPS) is 45.4. The Bertz CT molecular complexity index is 325. The molecular formula is C15H24O2S. The molecule has 0 aliphatic heterocycles. The first kappa shape index (κ1) is 13.0. The molecule has 0 aromatic heterocycles. The molecule has 4 aliphatic rings. The predicted octanol–water partition coefficient (Wildman–Crippen LogP) is 3.23. The first-order chi connectivity index (χ1) is 8.64. The second-order valence-corrected chi connectivity index (χ2v) is 7.80. The minimum atomic E-state index is -0.108. The molecule has 2 atom stereocenters. The van der Waals surface area contributed by atoms with Crippen LogP contribution in [-0.2, 0) is 4.79 Å². The van der Waals surface area contributed by atoms with E-state index in [9.17, 15) is 9.90 Å². The highest BCUT2D eigenvalue weighted by Gasteiger charge is 2.57. The van der Waals surface area contributed by atoms with Gasteiger partial charge in [0, 0.05) is 11.2 Å². The number of unbranched alkanes of at least 4 members (excludes halogenated alkanes) is 1. The van der Waals surface area contributed by atoms with Crippen molar-refractivity contribution in [3.63, 3.8) is 0 Å². The van der Waals surface area contributed by atoms with Crippen molar-refractivity contribution in [2.24, 2.45) is 23.2 Å². The molecule has 0 spiro atoms. The number of thioether (sulfide) groups is 1. The minimum absolute atomic E-state index is 0.0475. The number of aliphatic hydroxyl groups is 1.